The second-order valence-corrected chi connectivity index (χ2v) is 6.21. The topological polar surface area (TPSA) is 64.4 Å². The number of carbonyl (C=O) groups excluding carboxylic acids is 1. The molecule has 1 heterocycles. The zero-order valence-corrected chi connectivity index (χ0v) is 12.4. The minimum absolute atomic E-state index is 0.00875. The number of rotatable bonds is 3. The van der Waals surface area contributed by atoms with Crippen LogP contribution in [0.15, 0.2) is 18.2 Å². The molecule has 114 valence electrons. The van der Waals surface area contributed by atoms with Crippen LogP contribution in [-0.4, -0.2) is 19.1 Å². The molecule has 0 spiro atoms. The lowest BCUT2D eigenvalue weighted by Gasteiger charge is -2.25. The highest BCUT2D eigenvalue weighted by molar-refractivity contribution is 5.97. The summed E-state index contributed by atoms with van der Waals surface area (Å²) in [7, 11) is 0. The number of fused-ring (bicyclic) bond motifs is 1. The van der Waals surface area contributed by atoms with Crippen molar-refractivity contribution in [3.05, 3.63) is 29.3 Å². The van der Waals surface area contributed by atoms with Crippen LogP contribution in [0.5, 0.6) is 5.75 Å². The quantitative estimate of drug-likeness (QED) is 0.899. The smallest absolute Gasteiger partial charge is 0.255 e. The second kappa shape index (κ2) is 6.48. The molecule has 1 aliphatic carbocycles. The van der Waals surface area contributed by atoms with E-state index >= 15 is 0 Å². The van der Waals surface area contributed by atoms with E-state index in [-0.39, 0.29) is 11.9 Å². The average molecular weight is 288 g/mol. The molecule has 0 radical (unpaired) electrons. The van der Waals surface area contributed by atoms with Crippen molar-refractivity contribution in [2.75, 3.05) is 13.2 Å². The van der Waals surface area contributed by atoms with Gasteiger partial charge in [0.05, 0.1) is 12.1 Å². The van der Waals surface area contributed by atoms with Crippen molar-refractivity contribution < 1.29 is 9.53 Å². The van der Waals surface area contributed by atoms with E-state index in [4.69, 9.17) is 10.5 Å². The number of nitrogens with one attached hydrogen (secondary N) is 1. The molecule has 0 aromatic heterocycles. The van der Waals surface area contributed by atoms with E-state index in [1.54, 1.807) is 0 Å². The monoisotopic (exact) mass is 288 g/mol. The molecule has 1 aliphatic heterocycles. The highest BCUT2D eigenvalue weighted by Crippen LogP contribution is 2.32. The largest absolute Gasteiger partial charge is 0.491 e. The fraction of sp³-hybridized carbons (Fsp3) is 0.588. The zero-order valence-electron chi connectivity index (χ0n) is 12.4. The van der Waals surface area contributed by atoms with Crippen LogP contribution in [0.2, 0.25) is 0 Å². The summed E-state index contributed by atoms with van der Waals surface area (Å²) in [6.07, 6.45) is 7.63. The van der Waals surface area contributed by atoms with Gasteiger partial charge in [-0.2, -0.15) is 0 Å². The van der Waals surface area contributed by atoms with Crippen molar-refractivity contribution in [2.45, 2.75) is 44.6 Å². The van der Waals surface area contributed by atoms with Crippen molar-refractivity contribution in [3.63, 3.8) is 0 Å². The minimum Gasteiger partial charge on any atom is -0.491 e. The number of amides is 1. The summed E-state index contributed by atoms with van der Waals surface area (Å²) in [6.45, 7) is 1.07. The molecule has 1 fully saturated rings. The Hall–Kier alpha value is -1.55. The predicted octanol–water partition coefficient (Wildman–Crippen LogP) is 2.78. The van der Waals surface area contributed by atoms with E-state index in [0.29, 0.717) is 24.5 Å². The van der Waals surface area contributed by atoms with Gasteiger partial charge in [-0.05, 0) is 30.0 Å². The molecule has 0 saturated heterocycles. The molecular weight excluding hydrogens is 264 g/mol. The van der Waals surface area contributed by atoms with Crippen LogP contribution in [0.25, 0.3) is 0 Å². The fourth-order valence-electron chi connectivity index (χ4n) is 3.42. The summed E-state index contributed by atoms with van der Waals surface area (Å²) in [4.78, 5) is 12.0. The third kappa shape index (κ3) is 3.38. The van der Waals surface area contributed by atoms with Crippen molar-refractivity contribution in [1.29, 1.82) is 0 Å². The van der Waals surface area contributed by atoms with Gasteiger partial charge in [0.25, 0.3) is 5.91 Å². The first-order chi connectivity index (χ1) is 10.2. The summed E-state index contributed by atoms with van der Waals surface area (Å²) < 4.78 is 5.58. The Kier molecular flexibility index (Phi) is 4.44. The standard InChI is InChI=1S/C17H24N2O2/c18-15(10-12-4-2-1-3-5-12)13-6-7-16-14(11-13)17(20)19-8-9-21-16/h6-7,11-12,15H,1-5,8-10,18H2,(H,19,20). The van der Waals surface area contributed by atoms with Crippen LogP contribution < -0.4 is 15.8 Å². The lowest BCUT2D eigenvalue weighted by atomic mass is 9.83. The normalized spacial score (nSPS) is 20.9. The molecule has 0 bridgehead atoms. The molecule has 1 aromatic rings. The Morgan fingerprint density at radius 2 is 2.10 bits per heavy atom. The Bertz CT molecular complexity index is 510. The van der Waals surface area contributed by atoms with Gasteiger partial charge >= 0.3 is 0 Å². The van der Waals surface area contributed by atoms with Gasteiger partial charge in [-0.3, -0.25) is 4.79 Å². The van der Waals surface area contributed by atoms with Gasteiger partial charge < -0.3 is 15.8 Å². The second-order valence-electron chi connectivity index (χ2n) is 6.21. The van der Waals surface area contributed by atoms with Crippen molar-refractivity contribution in [1.82, 2.24) is 5.32 Å². The van der Waals surface area contributed by atoms with Gasteiger partial charge in [0.1, 0.15) is 12.4 Å². The van der Waals surface area contributed by atoms with Crippen LogP contribution in [-0.2, 0) is 0 Å². The fourth-order valence-corrected chi connectivity index (χ4v) is 3.42. The maximum atomic E-state index is 12.0. The summed E-state index contributed by atoms with van der Waals surface area (Å²) in [5.74, 6) is 1.34. The number of nitrogens with two attached hydrogens (primary N) is 1. The van der Waals surface area contributed by atoms with Gasteiger partial charge in [-0.15, -0.1) is 0 Å². The first-order valence-electron chi connectivity index (χ1n) is 8.04. The van der Waals surface area contributed by atoms with Crippen LogP contribution >= 0.6 is 0 Å². The van der Waals surface area contributed by atoms with E-state index in [9.17, 15) is 4.79 Å². The van der Waals surface area contributed by atoms with Gasteiger partial charge in [0, 0.05) is 6.04 Å². The van der Waals surface area contributed by atoms with Gasteiger partial charge in [-0.25, -0.2) is 0 Å². The third-order valence-corrected chi connectivity index (χ3v) is 4.63. The lowest BCUT2D eigenvalue weighted by Crippen LogP contribution is -2.24. The Morgan fingerprint density at radius 1 is 1.29 bits per heavy atom. The Balaban J connectivity index is 1.74. The number of ether oxygens (including phenoxy) is 1. The molecule has 1 saturated carbocycles. The van der Waals surface area contributed by atoms with E-state index in [0.717, 1.165) is 17.9 Å². The highest BCUT2D eigenvalue weighted by Gasteiger charge is 2.21. The molecular formula is C17H24N2O2. The lowest BCUT2D eigenvalue weighted by molar-refractivity contribution is 0.0957. The summed E-state index contributed by atoms with van der Waals surface area (Å²) in [5.41, 5.74) is 8.03. The molecule has 1 atom stereocenters. The summed E-state index contributed by atoms with van der Waals surface area (Å²) >= 11 is 0. The van der Waals surface area contributed by atoms with Crippen LogP contribution in [0.3, 0.4) is 0 Å². The molecule has 4 heteroatoms. The molecule has 4 nitrogen and oxygen atoms in total. The predicted molar refractivity (Wildman–Crippen MR) is 82.4 cm³/mol. The minimum atomic E-state index is -0.0609. The molecule has 1 amide bonds. The third-order valence-electron chi connectivity index (χ3n) is 4.63. The zero-order chi connectivity index (χ0) is 14.7. The number of hydrogen-bond donors (Lipinski definition) is 2. The summed E-state index contributed by atoms with van der Waals surface area (Å²) in [5, 5.41) is 2.84. The van der Waals surface area contributed by atoms with Crippen molar-refractivity contribution in [3.8, 4) is 5.75 Å². The first-order valence-corrected chi connectivity index (χ1v) is 8.04. The van der Waals surface area contributed by atoms with Crippen molar-refractivity contribution >= 4 is 5.91 Å². The van der Waals surface area contributed by atoms with Gasteiger partial charge in [-0.1, -0.05) is 38.2 Å². The maximum Gasteiger partial charge on any atom is 0.255 e. The maximum absolute atomic E-state index is 12.0. The van der Waals surface area contributed by atoms with Gasteiger partial charge in [0.2, 0.25) is 0 Å². The van der Waals surface area contributed by atoms with E-state index in [1.807, 2.05) is 18.2 Å². The molecule has 1 aromatic carbocycles. The first kappa shape index (κ1) is 14.4. The molecule has 3 rings (SSSR count). The number of hydrogen-bond acceptors (Lipinski definition) is 3. The van der Waals surface area contributed by atoms with Crippen LogP contribution in [0.4, 0.5) is 0 Å². The molecule has 21 heavy (non-hydrogen) atoms. The van der Waals surface area contributed by atoms with Gasteiger partial charge in [0.15, 0.2) is 0 Å². The summed E-state index contributed by atoms with van der Waals surface area (Å²) in [6, 6.07) is 5.81. The van der Waals surface area contributed by atoms with E-state index in [2.05, 4.69) is 5.32 Å². The number of benzene rings is 1. The van der Waals surface area contributed by atoms with E-state index < -0.39 is 0 Å². The Morgan fingerprint density at radius 3 is 2.90 bits per heavy atom. The number of carbonyl (C=O) groups is 1. The Labute approximate surface area is 126 Å². The highest BCUT2D eigenvalue weighted by atomic mass is 16.5. The molecule has 1 unspecified atom stereocenters. The molecule has 2 aliphatic rings. The molecule has 3 N–H and O–H groups in total. The average Bonchev–Trinajstić information content (AvgIpc) is 2.70. The van der Waals surface area contributed by atoms with Crippen molar-refractivity contribution in [2.24, 2.45) is 11.7 Å². The van der Waals surface area contributed by atoms with Crippen LogP contribution in [0.1, 0.15) is 60.5 Å². The van der Waals surface area contributed by atoms with Crippen LogP contribution in [0, 0.1) is 5.92 Å². The van der Waals surface area contributed by atoms with E-state index in [1.165, 1.54) is 32.1 Å². The SMILES string of the molecule is NC(CC1CCCCC1)c1ccc2c(c1)C(=O)NCCO2.